The van der Waals surface area contributed by atoms with Gasteiger partial charge in [0.2, 0.25) is 0 Å². The molecule has 0 fully saturated rings. The van der Waals surface area contributed by atoms with Gasteiger partial charge in [-0.3, -0.25) is 4.79 Å². The zero-order chi connectivity index (χ0) is 10.1. The number of aromatic nitrogens is 2. The Labute approximate surface area is 82.4 Å². The van der Waals surface area contributed by atoms with E-state index >= 15 is 0 Å². The number of hydrogen-bond acceptors (Lipinski definition) is 1. The second-order valence-electron chi connectivity index (χ2n) is 3.97. The predicted molar refractivity (Wildman–Crippen MR) is 57.4 cm³/mol. The maximum Gasteiger partial charge on any atom is 0.272 e. The Morgan fingerprint density at radius 3 is 2.93 bits per heavy atom. The fraction of sp³-hybridized carbons (Fsp3) is 0.364. The molecule has 0 radical (unpaired) electrons. The van der Waals surface area contributed by atoms with Gasteiger partial charge in [-0.2, -0.15) is 0 Å². The van der Waals surface area contributed by atoms with Gasteiger partial charge in [0.05, 0.1) is 0 Å². The second kappa shape index (κ2) is 3.33. The molecule has 0 atom stereocenters. The van der Waals surface area contributed by atoms with E-state index in [0.29, 0.717) is 5.92 Å². The fourth-order valence-corrected chi connectivity index (χ4v) is 1.71. The van der Waals surface area contributed by atoms with Gasteiger partial charge in [-0.25, -0.2) is 0 Å². The number of pyridine rings is 1. The van der Waals surface area contributed by atoms with Crippen LogP contribution in [0.5, 0.6) is 0 Å². The van der Waals surface area contributed by atoms with Crippen molar-refractivity contribution in [3.05, 3.63) is 34.9 Å². The Hall–Kier alpha value is -1.51. The van der Waals surface area contributed by atoms with E-state index in [-0.39, 0.29) is 5.56 Å². The van der Waals surface area contributed by atoms with E-state index < -0.39 is 0 Å². The molecular formula is C11H14N2O. The number of H-pyrrole nitrogens is 1. The van der Waals surface area contributed by atoms with Crippen LogP contribution < -0.4 is 5.56 Å². The van der Waals surface area contributed by atoms with Crippen LogP contribution in [0, 0.1) is 5.92 Å². The van der Waals surface area contributed by atoms with Crippen LogP contribution in [0.3, 0.4) is 0 Å². The second-order valence-corrected chi connectivity index (χ2v) is 3.97. The number of fused-ring (bicyclic) bond motifs is 1. The molecule has 0 aliphatic rings. The van der Waals surface area contributed by atoms with E-state index in [1.54, 1.807) is 6.20 Å². The lowest BCUT2D eigenvalue weighted by molar-refractivity contribution is 0.534. The predicted octanol–water partition coefficient (Wildman–Crippen LogP) is 1.99. The number of nitrogens with one attached hydrogen (secondary N) is 1. The summed E-state index contributed by atoms with van der Waals surface area (Å²) in [6, 6.07) is 3.90. The molecule has 0 spiro atoms. The highest BCUT2D eigenvalue weighted by atomic mass is 16.1. The lowest BCUT2D eigenvalue weighted by Crippen LogP contribution is -2.12. The van der Waals surface area contributed by atoms with Gasteiger partial charge < -0.3 is 9.55 Å². The molecule has 0 aromatic carbocycles. The van der Waals surface area contributed by atoms with Crippen LogP contribution in [0.1, 0.15) is 13.8 Å². The van der Waals surface area contributed by atoms with Crippen LogP contribution in [0.2, 0.25) is 0 Å². The molecule has 14 heavy (non-hydrogen) atoms. The minimum atomic E-state index is -0.00634. The van der Waals surface area contributed by atoms with Crippen molar-refractivity contribution in [2.75, 3.05) is 0 Å². The van der Waals surface area contributed by atoms with Crippen LogP contribution in [-0.4, -0.2) is 9.55 Å². The van der Waals surface area contributed by atoms with E-state index in [1.807, 2.05) is 22.9 Å². The molecule has 74 valence electrons. The monoisotopic (exact) mass is 190 g/mol. The summed E-state index contributed by atoms with van der Waals surface area (Å²) in [5.74, 6) is 0.546. The molecule has 2 rings (SSSR count). The highest BCUT2D eigenvalue weighted by Gasteiger charge is 2.05. The number of nitrogens with zero attached hydrogens (tertiary/aromatic N) is 1. The molecule has 0 amide bonds. The molecule has 2 aromatic rings. The van der Waals surface area contributed by atoms with Gasteiger partial charge in [0.1, 0.15) is 5.52 Å². The average molecular weight is 190 g/mol. The van der Waals surface area contributed by atoms with Crippen molar-refractivity contribution in [1.29, 1.82) is 0 Å². The number of aromatic amines is 1. The lowest BCUT2D eigenvalue weighted by Gasteiger charge is -2.06. The van der Waals surface area contributed by atoms with Gasteiger partial charge in [-0.15, -0.1) is 0 Å². The maximum atomic E-state index is 11.6. The number of rotatable bonds is 2. The van der Waals surface area contributed by atoms with Crippen molar-refractivity contribution in [2.24, 2.45) is 5.92 Å². The van der Waals surface area contributed by atoms with E-state index in [4.69, 9.17) is 0 Å². The quantitative estimate of drug-likeness (QED) is 0.772. The topological polar surface area (TPSA) is 37.8 Å². The SMILES string of the molecule is CC(C)Cn1ccc2cc[nH]c(=O)c21. The maximum absolute atomic E-state index is 11.6. The summed E-state index contributed by atoms with van der Waals surface area (Å²) in [5, 5.41) is 1.01. The Morgan fingerprint density at radius 1 is 1.43 bits per heavy atom. The first-order valence-corrected chi connectivity index (χ1v) is 4.85. The first-order chi connectivity index (χ1) is 6.68. The van der Waals surface area contributed by atoms with Crippen LogP contribution in [0.15, 0.2) is 29.3 Å². The largest absolute Gasteiger partial charge is 0.343 e. The minimum Gasteiger partial charge on any atom is -0.343 e. The Morgan fingerprint density at radius 2 is 2.21 bits per heavy atom. The van der Waals surface area contributed by atoms with Crippen molar-refractivity contribution in [3.63, 3.8) is 0 Å². The summed E-state index contributed by atoms with van der Waals surface area (Å²) in [7, 11) is 0. The summed E-state index contributed by atoms with van der Waals surface area (Å²) in [6.45, 7) is 5.17. The van der Waals surface area contributed by atoms with Gasteiger partial charge in [-0.1, -0.05) is 13.8 Å². The Bertz CT molecular complexity index is 493. The highest BCUT2D eigenvalue weighted by Crippen LogP contribution is 2.12. The molecular weight excluding hydrogens is 176 g/mol. The summed E-state index contributed by atoms with van der Waals surface area (Å²) in [5.41, 5.74) is 0.773. The van der Waals surface area contributed by atoms with Crippen LogP contribution in [0.25, 0.3) is 10.9 Å². The molecule has 1 N–H and O–H groups in total. The molecule has 0 unspecified atom stereocenters. The van der Waals surface area contributed by atoms with Crippen molar-refractivity contribution in [2.45, 2.75) is 20.4 Å². The molecule has 0 aliphatic heterocycles. The van der Waals surface area contributed by atoms with Crippen LogP contribution in [0.4, 0.5) is 0 Å². The summed E-state index contributed by atoms with van der Waals surface area (Å²) in [6.07, 6.45) is 3.66. The molecule has 0 aliphatic carbocycles. The molecule has 0 saturated carbocycles. The lowest BCUT2D eigenvalue weighted by atomic mass is 10.2. The number of hydrogen-bond donors (Lipinski definition) is 1. The van der Waals surface area contributed by atoms with E-state index in [0.717, 1.165) is 17.4 Å². The van der Waals surface area contributed by atoms with Gasteiger partial charge in [-0.05, 0) is 18.1 Å². The summed E-state index contributed by atoms with van der Waals surface area (Å²) >= 11 is 0. The van der Waals surface area contributed by atoms with Crippen molar-refractivity contribution in [3.8, 4) is 0 Å². The van der Waals surface area contributed by atoms with E-state index in [2.05, 4.69) is 18.8 Å². The Balaban J connectivity index is 2.61. The third-order valence-electron chi connectivity index (χ3n) is 2.25. The molecule has 2 aromatic heterocycles. The molecule has 0 saturated heterocycles. The summed E-state index contributed by atoms with van der Waals surface area (Å²) < 4.78 is 2.01. The van der Waals surface area contributed by atoms with Crippen LogP contribution >= 0.6 is 0 Å². The Kier molecular flexibility index (Phi) is 2.15. The summed E-state index contributed by atoms with van der Waals surface area (Å²) in [4.78, 5) is 14.3. The normalized spacial score (nSPS) is 11.4. The first kappa shape index (κ1) is 9.06. The standard InChI is InChI=1S/C11H14N2O/c1-8(2)7-13-6-4-9-3-5-12-11(14)10(9)13/h3-6,8H,7H2,1-2H3,(H,12,14). The van der Waals surface area contributed by atoms with Gasteiger partial charge in [0, 0.05) is 24.3 Å². The third-order valence-corrected chi connectivity index (χ3v) is 2.25. The smallest absolute Gasteiger partial charge is 0.272 e. The molecule has 0 bridgehead atoms. The van der Waals surface area contributed by atoms with Gasteiger partial charge in [0.15, 0.2) is 0 Å². The van der Waals surface area contributed by atoms with E-state index in [9.17, 15) is 4.79 Å². The van der Waals surface area contributed by atoms with Crippen molar-refractivity contribution in [1.82, 2.24) is 9.55 Å². The fourth-order valence-electron chi connectivity index (χ4n) is 1.71. The average Bonchev–Trinajstić information content (AvgIpc) is 2.49. The van der Waals surface area contributed by atoms with Gasteiger partial charge >= 0.3 is 0 Å². The van der Waals surface area contributed by atoms with Gasteiger partial charge in [0.25, 0.3) is 5.56 Å². The molecule has 3 nitrogen and oxygen atoms in total. The highest BCUT2D eigenvalue weighted by molar-refractivity contribution is 5.78. The zero-order valence-corrected chi connectivity index (χ0v) is 8.45. The third kappa shape index (κ3) is 1.45. The van der Waals surface area contributed by atoms with Crippen molar-refractivity contribution < 1.29 is 0 Å². The minimum absolute atomic E-state index is 0.00634. The van der Waals surface area contributed by atoms with Crippen LogP contribution in [-0.2, 0) is 6.54 Å². The first-order valence-electron chi connectivity index (χ1n) is 4.85. The zero-order valence-electron chi connectivity index (χ0n) is 8.45. The van der Waals surface area contributed by atoms with E-state index in [1.165, 1.54) is 0 Å². The molecule has 2 heterocycles. The van der Waals surface area contributed by atoms with Crippen molar-refractivity contribution >= 4 is 10.9 Å². The molecule has 3 heteroatoms.